The lowest BCUT2D eigenvalue weighted by atomic mass is 9.90. The van der Waals surface area contributed by atoms with Crippen LogP contribution in [0.2, 0.25) is 0 Å². The summed E-state index contributed by atoms with van der Waals surface area (Å²) in [7, 11) is 2.20. The van der Waals surface area contributed by atoms with Gasteiger partial charge in [0.05, 0.1) is 0 Å². The Kier molecular flexibility index (Phi) is 3.98. The molecule has 0 aromatic heterocycles. The van der Waals surface area contributed by atoms with E-state index in [1.165, 1.54) is 27.9 Å². The van der Waals surface area contributed by atoms with Crippen molar-refractivity contribution in [3.05, 3.63) is 64.7 Å². The summed E-state index contributed by atoms with van der Waals surface area (Å²) in [5.41, 5.74) is 6.93. The fraction of sp³-hybridized carbons (Fsp3) is 0.368. The van der Waals surface area contributed by atoms with Gasteiger partial charge in [0.15, 0.2) is 0 Å². The number of nitrogens with one attached hydrogen (secondary N) is 1. The molecular weight excluding hydrogens is 256 g/mol. The smallest absolute Gasteiger partial charge is 0.0369 e. The van der Waals surface area contributed by atoms with Crippen LogP contribution in [0.25, 0.3) is 0 Å². The fourth-order valence-electron chi connectivity index (χ4n) is 3.35. The number of fused-ring (bicyclic) bond motifs is 1. The van der Waals surface area contributed by atoms with E-state index in [9.17, 15) is 0 Å². The van der Waals surface area contributed by atoms with Gasteiger partial charge in [-0.1, -0.05) is 30.3 Å². The SMILES string of the molecule is Cc1cc(C)cc(N(C)CC2CNCc3ccccc32)c1. The monoisotopic (exact) mass is 280 g/mol. The van der Waals surface area contributed by atoms with E-state index in [2.05, 4.69) is 73.6 Å². The van der Waals surface area contributed by atoms with E-state index < -0.39 is 0 Å². The number of nitrogens with zero attached hydrogens (tertiary/aromatic N) is 1. The van der Waals surface area contributed by atoms with Crippen molar-refractivity contribution in [3.63, 3.8) is 0 Å². The summed E-state index contributed by atoms with van der Waals surface area (Å²) in [6, 6.07) is 15.6. The van der Waals surface area contributed by atoms with E-state index in [4.69, 9.17) is 0 Å². The summed E-state index contributed by atoms with van der Waals surface area (Å²) in [6.07, 6.45) is 0. The highest BCUT2D eigenvalue weighted by Crippen LogP contribution is 2.26. The molecule has 1 atom stereocenters. The zero-order valence-electron chi connectivity index (χ0n) is 13.2. The molecular formula is C19H24N2. The van der Waals surface area contributed by atoms with E-state index in [-0.39, 0.29) is 0 Å². The lowest BCUT2D eigenvalue weighted by molar-refractivity contribution is 0.539. The maximum Gasteiger partial charge on any atom is 0.0369 e. The number of likely N-dealkylation sites (N-methyl/N-ethyl adjacent to an activating group) is 1. The molecule has 1 N–H and O–H groups in total. The Hall–Kier alpha value is -1.80. The summed E-state index contributed by atoms with van der Waals surface area (Å²) in [6.45, 7) is 7.45. The van der Waals surface area contributed by atoms with Gasteiger partial charge < -0.3 is 10.2 Å². The van der Waals surface area contributed by atoms with Gasteiger partial charge >= 0.3 is 0 Å². The minimum absolute atomic E-state index is 0.556. The lowest BCUT2D eigenvalue weighted by Gasteiger charge is -2.31. The molecule has 0 spiro atoms. The van der Waals surface area contributed by atoms with Crippen LogP contribution in [-0.4, -0.2) is 20.1 Å². The normalized spacial score (nSPS) is 17.4. The molecule has 2 heteroatoms. The van der Waals surface area contributed by atoms with Crippen LogP contribution in [0.3, 0.4) is 0 Å². The number of hydrogen-bond acceptors (Lipinski definition) is 2. The number of aryl methyl sites for hydroxylation is 2. The Balaban J connectivity index is 1.81. The zero-order valence-corrected chi connectivity index (χ0v) is 13.2. The quantitative estimate of drug-likeness (QED) is 0.923. The summed E-state index contributed by atoms with van der Waals surface area (Å²) < 4.78 is 0. The first-order chi connectivity index (χ1) is 10.1. The molecule has 0 bridgehead atoms. The minimum Gasteiger partial charge on any atom is -0.374 e. The lowest BCUT2D eigenvalue weighted by Crippen LogP contribution is -2.35. The topological polar surface area (TPSA) is 15.3 Å². The molecule has 0 saturated heterocycles. The Morgan fingerprint density at radius 1 is 1.10 bits per heavy atom. The van der Waals surface area contributed by atoms with Crippen molar-refractivity contribution in [1.29, 1.82) is 0 Å². The molecule has 1 aliphatic rings. The van der Waals surface area contributed by atoms with Crippen molar-refractivity contribution in [2.45, 2.75) is 26.3 Å². The molecule has 0 radical (unpaired) electrons. The summed E-state index contributed by atoms with van der Waals surface area (Å²) in [5.74, 6) is 0.556. The minimum atomic E-state index is 0.556. The van der Waals surface area contributed by atoms with Crippen LogP contribution in [0, 0.1) is 13.8 Å². The molecule has 1 aliphatic heterocycles. The summed E-state index contributed by atoms with van der Waals surface area (Å²) in [5, 5.41) is 3.54. The van der Waals surface area contributed by atoms with Gasteiger partial charge in [-0.3, -0.25) is 0 Å². The van der Waals surface area contributed by atoms with Crippen molar-refractivity contribution in [2.75, 3.05) is 25.0 Å². The molecule has 21 heavy (non-hydrogen) atoms. The van der Waals surface area contributed by atoms with Crippen LogP contribution in [0.4, 0.5) is 5.69 Å². The van der Waals surface area contributed by atoms with Gasteiger partial charge in [-0.05, 0) is 48.2 Å². The predicted molar refractivity (Wildman–Crippen MR) is 90.1 cm³/mol. The van der Waals surface area contributed by atoms with Crippen molar-refractivity contribution in [2.24, 2.45) is 0 Å². The molecule has 3 rings (SSSR count). The largest absolute Gasteiger partial charge is 0.374 e. The van der Waals surface area contributed by atoms with E-state index in [0.717, 1.165) is 19.6 Å². The van der Waals surface area contributed by atoms with Gasteiger partial charge in [0.1, 0.15) is 0 Å². The first-order valence-corrected chi connectivity index (χ1v) is 7.71. The second-order valence-corrected chi connectivity index (χ2v) is 6.25. The number of rotatable bonds is 3. The third-order valence-electron chi connectivity index (χ3n) is 4.34. The van der Waals surface area contributed by atoms with Crippen molar-refractivity contribution < 1.29 is 0 Å². The number of benzene rings is 2. The van der Waals surface area contributed by atoms with Crippen LogP contribution in [0.1, 0.15) is 28.2 Å². The van der Waals surface area contributed by atoms with Gasteiger partial charge in [-0.2, -0.15) is 0 Å². The standard InChI is InChI=1S/C19H24N2/c1-14-8-15(2)10-18(9-14)21(3)13-17-12-20-11-16-6-4-5-7-19(16)17/h4-10,17,20H,11-13H2,1-3H3. The first-order valence-electron chi connectivity index (χ1n) is 7.71. The summed E-state index contributed by atoms with van der Waals surface area (Å²) >= 11 is 0. The average molecular weight is 280 g/mol. The molecule has 1 heterocycles. The van der Waals surface area contributed by atoms with Crippen LogP contribution >= 0.6 is 0 Å². The van der Waals surface area contributed by atoms with Crippen LogP contribution in [-0.2, 0) is 6.54 Å². The van der Waals surface area contributed by atoms with Crippen LogP contribution in [0.5, 0.6) is 0 Å². The van der Waals surface area contributed by atoms with E-state index in [0.29, 0.717) is 5.92 Å². The summed E-state index contributed by atoms with van der Waals surface area (Å²) in [4.78, 5) is 2.38. The van der Waals surface area contributed by atoms with Gasteiger partial charge in [-0.15, -0.1) is 0 Å². The average Bonchev–Trinajstić information content (AvgIpc) is 2.46. The van der Waals surface area contributed by atoms with E-state index >= 15 is 0 Å². The van der Waals surface area contributed by atoms with E-state index in [1.54, 1.807) is 0 Å². The predicted octanol–water partition coefficient (Wildman–Crippen LogP) is 3.63. The number of hydrogen-bond donors (Lipinski definition) is 1. The number of anilines is 1. The molecule has 0 aliphatic carbocycles. The van der Waals surface area contributed by atoms with Crippen molar-refractivity contribution in [1.82, 2.24) is 5.32 Å². The molecule has 0 amide bonds. The second-order valence-electron chi connectivity index (χ2n) is 6.25. The maximum atomic E-state index is 3.54. The Morgan fingerprint density at radius 3 is 2.57 bits per heavy atom. The van der Waals surface area contributed by atoms with Crippen LogP contribution in [0.15, 0.2) is 42.5 Å². The molecule has 2 nitrogen and oxygen atoms in total. The fourth-order valence-corrected chi connectivity index (χ4v) is 3.35. The van der Waals surface area contributed by atoms with E-state index in [1.807, 2.05) is 0 Å². The Bertz CT molecular complexity index is 613. The highest BCUT2D eigenvalue weighted by Gasteiger charge is 2.21. The van der Waals surface area contributed by atoms with Crippen molar-refractivity contribution in [3.8, 4) is 0 Å². The van der Waals surface area contributed by atoms with Gasteiger partial charge in [0.25, 0.3) is 0 Å². The third-order valence-corrected chi connectivity index (χ3v) is 4.34. The third kappa shape index (κ3) is 3.11. The second kappa shape index (κ2) is 5.90. The van der Waals surface area contributed by atoms with Crippen LogP contribution < -0.4 is 10.2 Å². The maximum absolute atomic E-state index is 3.54. The van der Waals surface area contributed by atoms with Gasteiger partial charge in [0, 0.05) is 38.3 Å². The van der Waals surface area contributed by atoms with Gasteiger partial charge in [0.2, 0.25) is 0 Å². The van der Waals surface area contributed by atoms with Gasteiger partial charge in [-0.25, -0.2) is 0 Å². The molecule has 110 valence electrons. The molecule has 1 unspecified atom stereocenters. The molecule has 2 aromatic carbocycles. The zero-order chi connectivity index (χ0) is 14.8. The molecule has 0 saturated carbocycles. The first kappa shape index (κ1) is 14.2. The Morgan fingerprint density at radius 2 is 1.81 bits per heavy atom. The highest BCUT2D eigenvalue weighted by molar-refractivity contribution is 5.51. The Labute approximate surface area is 127 Å². The molecule has 0 fully saturated rings. The molecule has 2 aromatic rings. The highest BCUT2D eigenvalue weighted by atomic mass is 15.1. The van der Waals surface area contributed by atoms with Crippen molar-refractivity contribution >= 4 is 5.69 Å².